The smallest absolute Gasteiger partial charge is 0.221 e. The Kier molecular flexibility index (Phi) is 7.67. The average molecular weight is 525 g/mol. The average Bonchev–Trinajstić information content (AvgIpc) is 2.92. The minimum atomic E-state index is -3.64. The van der Waals surface area contributed by atoms with Gasteiger partial charge in [-0.2, -0.15) is 4.31 Å². The van der Waals surface area contributed by atoms with E-state index in [1.54, 1.807) is 30.6 Å². The molecule has 196 valence electrons. The van der Waals surface area contributed by atoms with E-state index in [1.165, 1.54) is 4.31 Å². The fraction of sp³-hybridized carbons (Fsp3) is 0.429. The van der Waals surface area contributed by atoms with Crippen LogP contribution < -0.4 is 5.32 Å². The van der Waals surface area contributed by atoms with Crippen molar-refractivity contribution in [1.29, 1.82) is 0 Å². The van der Waals surface area contributed by atoms with Crippen LogP contribution in [0.5, 0.6) is 0 Å². The van der Waals surface area contributed by atoms with Gasteiger partial charge in [0.15, 0.2) is 0 Å². The number of benzene rings is 2. The summed E-state index contributed by atoms with van der Waals surface area (Å²) in [6, 6.07) is 16.1. The Balaban J connectivity index is 1.38. The van der Waals surface area contributed by atoms with Crippen LogP contribution in [0.4, 0.5) is 4.39 Å². The Labute approximate surface area is 218 Å². The monoisotopic (exact) mass is 524 g/mol. The Morgan fingerprint density at radius 3 is 2.49 bits per heavy atom. The van der Waals surface area contributed by atoms with E-state index in [2.05, 4.69) is 15.3 Å². The van der Waals surface area contributed by atoms with Gasteiger partial charge in [0, 0.05) is 49.3 Å². The van der Waals surface area contributed by atoms with E-state index in [9.17, 15) is 8.42 Å². The highest BCUT2D eigenvalue weighted by atomic mass is 32.2. The summed E-state index contributed by atoms with van der Waals surface area (Å²) in [5.74, 6) is 0.271. The summed E-state index contributed by atoms with van der Waals surface area (Å²) in [5, 5.41) is 2.95. The zero-order valence-corrected chi connectivity index (χ0v) is 21.8. The maximum atomic E-state index is 15.6. The van der Waals surface area contributed by atoms with Crippen molar-refractivity contribution >= 4 is 10.0 Å². The lowest BCUT2D eigenvalue weighted by Crippen LogP contribution is -2.47. The van der Waals surface area contributed by atoms with Crippen molar-refractivity contribution < 1.29 is 17.5 Å². The second kappa shape index (κ2) is 10.9. The molecule has 7 nitrogen and oxygen atoms in total. The molecule has 3 heterocycles. The summed E-state index contributed by atoms with van der Waals surface area (Å²) < 4.78 is 49.8. The van der Waals surface area contributed by atoms with Crippen LogP contribution in [0.1, 0.15) is 60.4 Å². The number of sulfonamides is 1. The minimum absolute atomic E-state index is 0.0142. The fourth-order valence-electron chi connectivity index (χ4n) is 5.45. The predicted molar refractivity (Wildman–Crippen MR) is 139 cm³/mol. The maximum absolute atomic E-state index is 15.6. The first-order valence-electron chi connectivity index (χ1n) is 12.8. The molecule has 0 radical (unpaired) electrons. The van der Waals surface area contributed by atoms with Gasteiger partial charge in [0.05, 0.1) is 6.54 Å². The largest absolute Gasteiger partial charge is 0.381 e. The minimum Gasteiger partial charge on any atom is -0.381 e. The summed E-state index contributed by atoms with van der Waals surface area (Å²) in [6.07, 6.45) is 6.07. The maximum Gasteiger partial charge on any atom is 0.221 e. The summed E-state index contributed by atoms with van der Waals surface area (Å²) in [4.78, 5) is 8.58. The van der Waals surface area contributed by atoms with Crippen molar-refractivity contribution in [3.8, 4) is 0 Å². The molecule has 2 atom stereocenters. The first-order valence-corrected chi connectivity index (χ1v) is 14.3. The van der Waals surface area contributed by atoms with E-state index in [4.69, 9.17) is 4.74 Å². The molecule has 2 aliphatic heterocycles. The molecule has 3 aromatic rings. The quantitative estimate of drug-likeness (QED) is 0.491. The van der Waals surface area contributed by atoms with E-state index < -0.39 is 26.6 Å². The van der Waals surface area contributed by atoms with Gasteiger partial charge in [-0.1, -0.05) is 42.5 Å². The summed E-state index contributed by atoms with van der Waals surface area (Å²) in [7, 11) is -3.64. The Morgan fingerprint density at radius 1 is 1.05 bits per heavy atom. The molecule has 5 rings (SSSR count). The normalized spacial score (nSPS) is 23.5. The van der Waals surface area contributed by atoms with Crippen molar-refractivity contribution in [3.05, 3.63) is 95.3 Å². The van der Waals surface area contributed by atoms with E-state index in [0.29, 0.717) is 50.4 Å². The van der Waals surface area contributed by atoms with Crippen molar-refractivity contribution in [2.24, 2.45) is 0 Å². The van der Waals surface area contributed by atoms with Gasteiger partial charge in [0.2, 0.25) is 10.0 Å². The molecular formula is C28H33FN4O3S. The molecule has 1 aromatic heterocycles. The molecular weight excluding hydrogens is 491 g/mol. The molecule has 0 bridgehead atoms. The summed E-state index contributed by atoms with van der Waals surface area (Å²) in [6.45, 7) is 3.50. The number of ether oxygens (including phenoxy) is 1. The number of rotatable bonds is 7. The van der Waals surface area contributed by atoms with Gasteiger partial charge in [-0.3, -0.25) is 0 Å². The number of hydrogen-bond donors (Lipinski definition) is 1. The lowest BCUT2D eigenvalue weighted by Gasteiger charge is -2.39. The highest BCUT2D eigenvalue weighted by Gasteiger charge is 2.41. The van der Waals surface area contributed by atoms with Gasteiger partial charge in [-0.25, -0.2) is 22.8 Å². The molecule has 2 aliphatic rings. The van der Waals surface area contributed by atoms with Crippen LogP contribution in [-0.2, 0) is 33.4 Å². The topological polar surface area (TPSA) is 84.4 Å². The number of aromatic nitrogens is 2. The molecule has 0 unspecified atom stereocenters. The lowest BCUT2D eigenvalue weighted by molar-refractivity contribution is 0.0353. The molecule has 9 heteroatoms. The second-order valence-corrected chi connectivity index (χ2v) is 12.0. The van der Waals surface area contributed by atoms with E-state index >= 15 is 4.39 Å². The van der Waals surface area contributed by atoms with Crippen LogP contribution in [0.3, 0.4) is 0 Å². The number of halogens is 1. The molecule has 0 aliphatic carbocycles. The number of nitrogens with zero attached hydrogens (tertiary/aromatic N) is 3. The Morgan fingerprint density at radius 2 is 1.78 bits per heavy atom. The lowest BCUT2D eigenvalue weighted by atomic mass is 9.82. The molecule has 0 spiro atoms. The van der Waals surface area contributed by atoms with Gasteiger partial charge in [0.25, 0.3) is 0 Å². The van der Waals surface area contributed by atoms with Gasteiger partial charge >= 0.3 is 0 Å². The van der Waals surface area contributed by atoms with Gasteiger partial charge < -0.3 is 10.1 Å². The molecule has 0 saturated carbocycles. The van der Waals surface area contributed by atoms with Crippen LogP contribution in [0.2, 0.25) is 0 Å². The van der Waals surface area contributed by atoms with Crippen molar-refractivity contribution in [1.82, 2.24) is 19.6 Å². The van der Waals surface area contributed by atoms with E-state index in [1.807, 2.05) is 43.3 Å². The summed E-state index contributed by atoms with van der Waals surface area (Å²) in [5.41, 5.74) is 1.51. The first-order chi connectivity index (χ1) is 17.9. The molecule has 2 fully saturated rings. The second-order valence-electron chi connectivity index (χ2n) is 9.94. The number of nitrogens with one attached hydrogen (secondary N) is 1. The van der Waals surface area contributed by atoms with Crippen LogP contribution in [0, 0.1) is 5.82 Å². The van der Waals surface area contributed by atoms with Crippen molar-refractivity contribution in [2.75, 3.05) is 13.2 Å². The van der Waals surface area contributed by atoms with Crippen LogP contribution in [0.25, 0.3) is 0 Å². The standard InChI is InChI=1S/C28H33FN4O3S/c1-21-8-11-26(22-6-3-2-4-7-22)37(34,35)33(21)20-23-9-10-24(18-25(23)29)28(12-16-36-17-13-28)32-19-27-30-14-5-15-31-27/h2-7,9-10,14-15,18,21,26,32H,8,11-13,16-17,19-20H2,1H3/t21-,26+/m0/s1. The zero-order valence-electron chi connectivity index (χ0n) is 21.0. The predicted octanol–water partition coefficient (Wildman–Crippen LogP) is 4.47. The van der Waals surface area contributed by atoms with Crippen molar-refractivity contribution in [2.45, 2.75) is 62.5 Å². The molecule has 37 heavy (non-hydrogen) atoms. The van der Waals surface area contributed by atoms with Crippen LogP contribution >= 0.6 is 0 Å². The summed E-state index contributed by atoms with van der Waals surface area (Å²) >= 11 is 0. The van der Waals surface area contributed by atoms with Crippen LogP contribution in [-0.4, -0.2) is 41.9 Å². The third-order valence-corrected chi connectivity index (χ3v) is 10.0. The third-order valence-electron chi connectivity index (χ3n) is 7.68. The van der Waals surface area contributed by atoms with Crippen LogP contribution in [0.15, 0.2) is 67.0 Å². The van der Waals surface area contributed by atoms with Gasteiger partial charge in [0.1, 0.15) is 16.9 Å². The molecule has 0 amide bonds. The Hall–Kier alpha value is -2.72. The first kappa shape index (κ1) is 25.9. The van der Waals surface area contributed by atoms with E-state index in [-0.39, 0.29) is 12.6 Å². The highest BCUT2D eigenvalue weighted by Crippen LogP contribution is 2.39. The third kappa shape index (κ3) is 5.45. The Bertz CT molecular complexity index is 1300. The molecule has 2 saturated heterocycles. The molecule has 2 aromatic carbocycles. The zero-order chi connectivity index (χ0) is 25.9. The fourth-order valence-corrected chi connectivity index (χ4v) is 7.64. The SMILES string of the molecule is C[C@H]1CC[C@H](c2ccccc2)S(=O)(=O)N1Cc1ccc(C2(NCc3ncccn3)CCOCC2)cc1F. The van der Waals surface area contributed by atoms with Gasteiger partial charge in [-0.05, 0) is 55.9 Å². The van der Waals surface area contributed by atoms with Crippen molar-refractivity contribution in [3.63, 3.8) is 0 Å². The molecule has 1 N–H and O–H groups in total. The highest BCUT2D eigenvalue weighted by molar-refractivity contribution is 7.89. The van der Waals surface area contributed by atoms with E-state index in [0.717, 1.165) is 17.5 Å². The van der Waals surface area contributed by atoms with Gasteiger partial charge in [-0.15, -0.1) is 0 Å². The number of hydrogen-bond acceptors (Lipinski definition) is 6.